The molecule has 0 spiro atoms. The highest BCUT2D eigenvalue weighted by Gasteiger charge is 2.18. The number of carbonyl (C=O) groups excluding carboxylic acids is 1. The first-order valence-electron chi connectivity index (χ1n) is 9.70. The van der Waals surface area contributed by atoms with Crippen LogP contribution in [0.3, 0.4) is 0 Å². The Hall–Kier alpha value is -2.66. The molecule has 1 aliphatic rings. The van der Waals surface area contributed by atoms with Crippen molar-refractivity contribution in [2.45, 2.75) is 25.9 Å². The number of benzene rings is 2. The van der Waals surface area contributed by atoms with Crippen molar-refractivity contribution in [1.82, 2.24) is 0 Å². The molecule has 5 nitrogen and oxygen atoms in total. The molecule has 0 aromatic heterocycles. The average Bonchev–Trinajstić information content (AvgIpc) is 2.77. The molecule has 2 aromatic rings. The summed E-state index contributed by atoms with van der Waals surface area (Å²) in [5, 5.41) is 0.566. The molecule has 0 N–H and O–H groups in total. The lowest BCUT2D eigenvalue weighted by Gasteiger charge is -2.29. The highest BCUT2D eigenvalue weighted by Crippen LogP contribution is 2.28. The molecule has 0 saturated carbocycles. The van der Waals surface area contributed by atoms with Gasteiger partial charge in [0.25, 0.3) is 0 Å². The van der Waals surface area contributed by atoms with Crippen LogP contribution in [0.2, 0.25) is 5.02 Å². The first-order chi connectivity index (χ1) is 14.1. The monoisotopic (exact) mass is 415 g/mol. The van der Waals surface area contributed by atoms with E-state index in [1.54, 1.807) is 18.2 Å². The van der Waals surface area contributed by atoms with E-state index in [0.717, 1.165) is 24.4 Å². The Labute approximate surface area is 176 Å². The molecule has 154 valence electrons. The number of methoxy groups -OCH3 is 2. The molecule has 1 fully saturated rings. The fourth-order valence-electron chi connectivity index (χ4n) is 3.48. The van der Waals surface area contributed by atoms with E-state index in [9.17, 15) is 4.79 Å². The third-order valence-electron chi connectivity index (χ3n) is 4.93. The molecule has 0 atom stereocenters. The van der Waals surface area contributed by atoms with Crippen LogP contribution in [0.25, 0.3) is 5.57 Å². The number of rotatable bonds is 7. The maximum absolute atomic E-state index is 12.2. The molecule has 1 heterocycles. The summed E-state index contributed by atoms with van der Waals surface area (Å²) in [6, 6.07) is 13.4. The maximum Gasteiger partial charge on any atom is 0.341 e. The molecular formula is C23H26ClNO4. The third kappa shape index (κ3) is 5.45. The first kappa shape index (κ1) is 21.1. The number of hydrogen-bond donors (Lipinski definition) is 0. The van der Waals surface area contributed by atoms with Crippen molar-refractivity contribution < 1.29 is 19.0 Å². The molecule has 0 unspecified atom stereocenters. The first-order valence-corrected chi connectivity index (χ1v) is 10.1. The van der Waals surface area contributed by atoms with Crippen molar-refractivity contribution in [3.63, 3.8) is 0 Å². The normalized spacial score (nSPS) is 14.4. The van der Waals surface area contributed by atoms with Crippen LogP contribution in [0.5, 0.6) is 5.75 Å². The minimum absolute atomic E-state index is 0.261. The molecule has 29 heavy (non-hydrogen) atoms. The van der Waals surface area contributed by atoms with Crippen molar-refractivity contribution >= 4 is 28.8 Å². The molecule has 2 aromatic carbocycles. The molecule has 0 bridgehead atoms. The zero-order chi connectivity index (χ0) is 20.6. The van der Waals surface area contributed by atoms with Crippen LogP contribution in [0, 0.1) is 0 Å². The zero-order valence-corrected chi connectivity index (χ0v) is 17.6. The SMILES string of the molecule is COC=C(C(=O)OC)c1ccc(Cl)cc1COc1cccc(N2CCCCC2)c1. The second-order valence-electron chi connectivity index (χ2n) is 6.89. The smallest absolute Gasteiger partial charge is 0.341 e. The summed E-state index contributed by atoms with van der Waals surface area (Å²) in [5.41, 5.74) is 2.92. The summed E-state index contributed by atoms with van der Waals surface area (Å²) in [7, 11) is 2.82. The lowest BCUT2D eigenvalue weighted by Crippen LogP contribution is -2.29. The minimum atomic E-state index is -0.484. The van der Waals surface area contributed by atoms with E-state index in [0.29, 0.717) is 16.2 Å². The molecule has 0 aliphatic carbocycles. The Morgan fingerprint density at radius 2 is 1.90 bits per heavy atom. The summed E-state index contributed by atoms with van der Waals surface area (Å²) in [6.45, 7) is 2.41. The fraction of sp³-hybridized carbons (Fsp3) is 0.348. The van der Waals surface area contributed by atoms with Crippen molar-refractivity contribution in [3.8, 4) is 5.75 Å². The minimum Gasteiger partial charge on any atom is -0.503 e. The van der Waals surface area contributed by atoms with Crippen molar-refractivity contribution in [3.05, 3.63) is 64.9 Å². The molecule has 1 aliphatic heterocycles. The van der Waals surface area contributed by atoms with Gasteiger partial charge in [0.05, 0.1) is 20.5 Å². The van der Waals surface area contributed by atoms with Crippen LogP contribution in [0.4, 0.5) is 5.69 Å². The fourth-order valence-corrected chi connectivity index (χ4v) is 3.67. The summed E-state index contributed by atoms with van der Waals surface area (Å²) in [5.74, 6) is 0.289. The number of piperidine rings is 1. The van der Waals surface area contributed by atoms with Gasteiger partial charge in [0.15, 0.2) is 0 Å². The lowest BCUT2D eigenvalue weighted by molar-refractivity contribution is -0.133. The highest BCUT2D eigenvalue weighted by atomic mass is 35.5. The Morgan fingerprint density at radius 3 is 2.62 bits per heavy atom. The zero-order valence-electron chi connectivity index (χ0n) is 16.8. The molecule has 1 saturated heterocycles. The van der Waals surface area contributed by atoms with Gasteiger partial charge in [0, 0.05) is 29.9 Å². The molecule has 0 radical (unpaired) electrons. The highest BCUT2D eigenvalue weighted by molar-refractivity contribution is 6.30. The quantitative estimate of drug-likeness (QED) is 0.359. The van der Waals surface area contributed by atoms with Gasteiger partial charge in [-0.3, -0.25) is 0 Å². The number of ether oxygens (including phenoxy) is 3. The van der Waals surface area contributed by atoms with Crippen LogP contribution in [-0.4, -0.2) is 33.3 Å². The Balaban J connectivity index is 1.81. The van der Waals surface area contributed by atoms with Crippen molar-refractivity contribution in [2.75, 3.05) is 32.2 Å². The van der Waals surface area contributed by atoms with Crippen LogP contribution in [0.1, 0.15) is 30.4 Å². The van der Waals surface area contributed by atoms with E-state index in [4.69, 9.17) is 25.8 Å². The van der Waals surface area contributed by atoms with Gasteiger partial charge < -0.3 is 19.1 Å². The van der Waals surface area contributed by atoms with Gasteiger partial charge >= 0.3 is 5.97 Å². The topological polar surface area (TPSA) is 48.0 Å². The second-order valence-corrected chi connectivity index (χ2v) is 7.33. The Morgan fingerprint density at radius 1 is 1.10 bits per heavy atom. The van der Waals surface area contributed by atoms with E-state index in [1.807, 2.05) is 12.1 Å². The number of esters is 1. The number of hydrogen-bond acceptors (Lipinski definition) is 5. The van der Waals surface area contributed by atoms with E-state index in [2.05, 4.69) is 17.0 Å². The van der Waals surface area contributed by atoms with Gasteiger partial charge in [-0.25, -0.2) is 4.79 Å². The van der Waals surface area contributed by atoms with Gasteiger partial charge in [-0.1, -0.05) is 23.7 Å². The van der Waals surface area contributed by atoms with E-state index in [1.165, 1.54) is 45.4 Å². The largest absolute Gasteiger partial charge is 0.503 e. The molecule has 3 rings (SSSR count). The van der Waals surface area contributed by atoms with Crippen LogP contribution in [-0.2, 0) is 20.9 Å². The standard InChI is InChI=1S/C23H26ClNO4/c1-27-16-22(23(26)28-2)21-10-9-18(24)13-17(21)15-29-20-8-6-7-19(14-20)25-11-4-3-5-12-25/h6-10,13-14,16H,3-5,11-12,15H2,1-2H3. The van der Waals surface area contributed by atoms with Crippen LogP contribution >= 0.6 is 11.6 Å². The average molecular weight is 416 g/mol. The van der Waals surface area contributed by atoms with Gasteiger partial charge in [0.2, 0.25) is 0 Å². The number of carbonyl (C=O) groups is 1. The van der Waals surface area contributed by atoms with Crippen LogP contribution < -0.4 is 9.64 Å². The number of anilines is 1. The lowest BCUT2D eigenvalue weighted by atomic mass is 10.0. The molecule has 6 heteroatoms. The predicted molar refractivity (Wildman–Crippen MR) is 115 cm³/mol. The van der Waals surface area contributed by atoms with Crippen LogP contribution in [0.15, 0.2) is 48.7 Å². The van der Waals surface area contributed by atoms with Gasteiger partial charge in [-0.15, -0.1) is 0 Å². The number of halogens is 1. The Kier molecular flexibility index (Phi) is 7.42. The van der Waals surface area contributed by atoms with E-state index in [-0.39, 0.29) is 6.61 Å². The summed E-state index contributed by atoms with van der Waals surface area (Å²) < 4.78 is 16.0. The van der Waals surface area contributed by atoms with Gasteiger partial charge in [0.1, 0.15) is 17.9 Å². The summed E-state index contributed by atoms with van der Waals surface area (Å²) in [6.07, 6.45) is 5.11. The third-order valence-corrected chi connectivity index (χ3v) is 5.17. The van der Waals surface area contributed by atoms with Gasteiger partial charge in [-0.05, 0) is 54.7 Å². The summed E-state index contributed by atoms with van der Waals surface area (Å²) >= 11 is 6.19. The Bertz CT molecular complexity index is 875. The maximum atomic E-state index is 12.2. The van der Waals surface area contributed by atoms with Crippen molar-refractivity contribution in [2.24, 2.45) is 0 Å². The van der Waals surface area contributed by atoms with E-state index < -0.39 is 5.97 Å². The van der Waals surface area contributed by atoms with Crippen molar-refractivity contribution in [1.29, 1.82) is 0 Å². The van der Waals surface area contributed by atoms with Gasteiger partial charge in [-0.2, -0.15) is 0 Å². The summed E-state index contributed by atoms with van der Waals surface area (Å²) in [4.78, 5) is 14.6. The second kappa shape index (κ2) is 10.2. The molecule has 0 amide bonds. The number of nitrogens with zero attached hydrogens (tertiary/aromatic N) is 1. The van der Waals surface area contributed by atoms with E-state index >= 15 is 0 Å². The predicted octanol–water partition coefficient (Wildman–Crippen LogP) is 5.07. The molecular weight excluding hydrogens is 390 g/mol.